The summed E-state index contributed by atoms with van der Waals surface area (Å²) in [6.45, 7) is 17.4. The van der Waals surface area contributed by atoms with Crippen molar-refractivity contribution in [2.75, 3.05) is 39.3 Å². The SMILES string of the molecule is C=C/C=C(/CN1CCN(/C(C(=C)N(CCc2ccccc2)Cc2c(F)cccc2F)=C(\C)NC=O)CC1)C(=C)C#N. The molecular formula is C33H37F2N5O. The van der Waals surface area contributed by atoms with Gasteiger partial charge in [0, 0.05) is 62.6 Å². The third-order valence-electron chi connectivity index (χ3n) is 7.13. The molecule has 3 rings (SSSR count). The predicted molar refractivity (Wildman–Crippen MR) is 159 cm³/mol. The molecule has 214 valence electrons. The zero-order valence-electron chi connectivity index (χ0n) is 23.6. The molecule has 0 aliphatic carbocycles. The van der Waals surface area contributed by atoms with Gasteiger partial charge in [-0.3, -0.25) is 9.69 Å². The molecule has 1 aliphatic rings. The monoisotopic (exact) mass is 557 g/mol. The third kappa shape index (κ3) is 8.50. The molecule has 8 heteroatoms. The minimum Gasteiger partial charge on any atom is -0.366 e. The number of benzene rings is 2. The zero-order chi connectivity index (χ0) is 29.8. The fraction of sp³-hybridized carbons (Fsp3) is 0.273. The van der Waals surface area contributed by atoms with Gasteiger partial charge in [0.2, 0.25) is 6.41 Å². The highest BCUT2D eigenvalue weighted by Crippen LogP contribution is 2.26. The van der Waals surface area contributed by atoms with E-state index in [2.05, 4.69) is 40.9 Å². The predicted octanol–water partition coefficient (Wildman–Crippen LogP) is 5.31. The van der Waals surface area contributed by atoms with Crippen LogP contribution in [0.5, 0.6) is 0 Å². The molecular weight excluding hydrogens is 520 g/mol. The molecule has 1 fully saturated rings. The van der Waals surface area contributed by atoms with Gasteiger partial charge in [0.15, 0.2) is 0 Å². The van der Waals surface area contributed by atoms with Crippen molar-refractivity contribution in [2.24, 2.45) is 0 Å². The Hall–Kier alpha value is -4.48. The van der Waals surface area contributed by atoms with Crippen LogP contribution in [0.15, 0.2) is 109 Å². The van der Waals surface area contributed by atoms with Gasteiger partial charge in [-0.25, -0.2) is 8.78 Å². The number of rotatable bonds is 14. The molecule has 0 bridgehead atoms. The van der Waals surface area contributed by atoms with Gasteiger partial charge in [-0.2, -0.15) is 5.26 Å². The molecule has 2 aromatic carbocycles. The van der Waals surface area contributed by atoms with Crippen molar-refractivity contribution in [3.8, 4) is 6.07 Å². The number of piperazine rings is 1. The normalized spacial score (nSPS) is 14.5. The average Bonchev–Trinajstić information content (AvgIpc) is 2.97. The van der Waals surface area contributed by atoms with Gasteiger partial charge < -0.3 is 15.1 Å². The molecule has 1 aliphatic heterocycles. The number of allylic oxidation sites excluding steroid dienone is 3. The van der Waals surface area contributed by atoms with Crippen molar-refractivity contribution in [1.29, 1.82) is 5.26 Å². The summed E-state index contributed by atoms with van der Waals surface area (Å²) in [6, 6.07) is 15.8. The van der Waals surface area contributed by atoms with E-state index in [0.717, 1.165) is 11.1 Å². The van der Waals surface area contributed by atoms with Crippen LogP contribution in [-0.4, -0.2) is 60.4 Å². The Balaban J connectivity index is 1.87. The Morgan fingerprint density at radius 1 is 1.07 bits per heavy atom. The highest BCUT2D eigenvalue weighted by atomic mass is 19.1. The Morgan fingerprint density at radius 3 is 2.32 bits per heavy atom. The Morgan fingerprint density at radius 2 is 1.73 bits per heavy atom. The second-order valence-electron chi connectivity index (χ2n) is 9.82. The van der Waals surface area contributed by atoms with Gasteiger partial charge >= 0.3 is 0 Å². The lowest BCUT2D eigenvalue weighted by Gasteiger charge is -2.41. The first kappa shape index (κ1) is 31.1. The largest absolute Gasteiger partial charge is 0.366 e. The maximum atomic E-state index is 14.7. The molecule has 41 heavy (non-hydrogen) atoms. The number of halogens is 2. The number of carbonyl (C=O) groups is 1. The molecule has 0 radical (unpaired) electrons. The van der Waals surface area contributed by atoms with E-state index in [0.29, 0.717) is 74.8 Å². The van der Waals surface area contributed by atoms with Crippen LogP contribution in [0.4, 0.5) is 8.78 Å². The van der Waals surface area contributed by atoms with Gasteiger partial charge in [-0.1, -0.05) is 68.3 Å². The molecule has 1 saturated heterocycles. The van der Waals surface area contributed by atoms with E-state index in [-0.39, 0.29) is 12.1 Å². The molecule has 0 aromatic heterocycles. The highest BCUT2D eigenvalue weighted by Gasteiger charge is 2.26. The minimum atomic E-state index is -0.619. The van der Waals surface area contributed by atoms with Gasteiger partial charge in [0.1, 0.15) is 11.6 Å². The molecule has 2 aromatic rings. The van der Waals surface area contributed by atoms with Crippen LogP contribution in [-0.2, 0) is 17.8 Å². The second kappa shape index (κ2) is 15.3. The Bertz CT molecular complexity index is 1330. The summed E-state index contributed by atoms with van der Waals surface area (Å²) in [6.07, 6.45) is 4.70. The summed E-state index contributed by atoms with van der Waals surface area (Å²) in [5.41, 5.74) is 4.14. The summed E-state index contributed by atoms with van der Waals surface area (Å²) >= 11 is 0. The van der Waals surface area contributed by atoms with E-state index < -0.39 is 11.6 Å². The summed E-state index contributed by atoms with van der Waals surface area (Å²) in [7, 11) is 0. The van der Waals surface area contributed by atoms with Crippen molar-refractivity contribution in [2.45, 2.75) is 19.9 Å². The molecule has 0 saturated carbocycles. The molecule has 1 N–H and O–H groups in total. The van der Waals surface area contributed by atoms with Crippen LogP contribution >= 0.6 is 0 Å². The lowest BCUT2D eigenvalue weighted by atomic mass is 10.1. The number of hydrogen-bond donors (Lipinski definition) is 1. The standard InChI is InChI=1S/C33H37F2N5O/c1-5-10-29(25(2)21-36)22-38-17-19-39(20-18-38)33(26(3)37-24-41)27(4)40(16-15-28-11-7-6-8-12-28)23-30-31(34)13-9-14-32(30)35/h5-14,24H,1-2,4,15-20,22-23H2,3H3,(H,37,41)/b29-10-,33-26+. The number of nitriles is 1. The summed E-state index contributed by atoms with van der Waals surface area (Å²) in [5, 5.41) is 12.1. The summed E-state index contributed by atoms with van der Waals surface area (Å²) < 4.78 is 29.5. The van der Waals surface area contributed by atoms with E-state index in [9.17, 15) is 18.8 Å². The average molecular weight is 558 g/mol. The van der Waals surface area contributed by atoms with Crippen LogP contribution in [0, 0.1) is 23.0 Å². The lowest BCUT2D eigenvalue weighted by Crippen LogP contribution is -2.48. The summed E-state index contributed by atoms with van der Waals surface area (Å²) in [4.78, 5) is 17.7. The van der Waals surface area contributed by atoms with Crippen molar-refractivity contribution in [3.05, 3.63) is 131 Å². The maximum absolute atomic E-state index is 14.7. The molecule has 1 amide bonds. The van der Waals surface area contributed by atoms with Crippen LogP contribution in [0.1, 0.15) is 18.1 Å². The Labute approximate surface area is 241 Å². The number of amides is 1. The topological polar surface area (TPSA) is 62.6 Å². The first-order chi connectivity index (χ1) is 19.8. The summed E-state index contributed by atoms with van der Waals surface area (Å²) in [5.74, 6) is -1.24. The molecule has 0 atom stereocenters. The van der Waals surface area contributed by atoms with Gasteiger partial charge in [0.05, 0.1) is 17.5 Å². The molecule has 0 spiro atoms. The number of nitrogens with zero attached hydrogens (tertiary/aromatic N) is 4. The van der Waals surface area contributed by atoms with E-state index in [1.165, 1.54) is 18.2 Å². The van der Waals surface area contributed by atoms with E-state index in [1.807, 2.05) is 35.2 Å². The first-order valence-corrected chi connectivity index (χ1v) is 13.5. The van der Waals surface area contributed by atoms with Gasteiger partial charge in [-0.05, 0) is 36.6 Å². The zero-order valence-corrected chi connectivity index (χ0v) is 23.6. The van der Waals surface area contributed by atoms with Crippen molar-refractivity contribution in [1.82, 2.24) is 20.0 Å². The second-order valence-corrected chi connectivity index (χ2v) is 9.82. The van der Waals surface area contributed by atoms with E-state index >= 15 is 0 Å². The molecule has 6 nitrogen and oxygen atoms in total. The molecule has 0 unspecified atom stereocenters. The van der Waals surface area contributed by atoms with Crippen molar-refractivity contribution >= 4 is 6.41 Å². The minimum absolute atomic E-state index is 0.0199. The quantitative estimate of drug-likeness (QED) is 0.194. The fourth-order valence-electron chi connectivity index (χ4n) is 4.87. The van der Waals surface area contributed by atoms with Crippen LogP contribution in [0.25, 0.3) is 0 Å². The van der Waals surface area contributed by atoms with Gasteiger partial charge in [-0.15, -0.1) is 0 Å². The van der Waals surface area contributed by atoms with E-state index in [4.69, 9.17) is 0 Å². The van der Waals surface area contributed by atoms with Crippen molar-refractivity contribution < 1.29 is 13.6 Å². The number of nitrogens with one attached hydrogen (secondary N) is 1. The van der Waals surface area contributed by atoms with E-state index in [1.54, 1.807) is 19.1 Å². The first-order valence-electron chi connectivity index (χ1n) is 13.5. The smallest absolute Gasteiger partial charge is 0.211 e. The number of hydrogen-bond acceptors (Lipinski definition) is 5. The van der Waals surface area contributed by atoms with Gasteiger partial charge in [0.25, 0.3) is 0 Å². The van der Waals surface area contributed by atoms with Crippen molar-refractivity contribution in [3.63, 3.8) is 0 Å². The van der Waals surface area contributed by atoms with Crippen LogP contribution in [0.3, 0.4) is 0 Å². The maximum Gasteiger partial charge on any atom is 0.211 e. The Kier molecular flexibility index (Phi) is 11.6. The highest BCUT2D eigenvalue weighted by molar-refractivity contribution is 5.51. The number of carbonyl (C=O) groups excluding carboxylic acids is 1. The molecule has 1 heterocycles. The fourth-order valence-corrected chi connectivity index (χ4v) is 4.87. The lowest BCUT2D eigenvalue weighted by molar-refractivity contribution is -0.108. The van der Waals surface area contributed by atoms with Crippen LogP contribution in [0.2, 0.25) is 0 Å². The van der Waals surface area contributed by atoms with Crippen LogP contribution < -0.4 is 5.32 Å². The third-order valence-corrected chi connectivity index (χ3v) is 7.13.